The van der Waals surface area contributed by atoms with Gasteiger partial charge in [0.1, 0.15) is 6.10 Å². The molecular weight excluding hydrogens is 288 g/mol. The second-order valence-corrected chi connectivity index (χ2v) is 7.09. The van der Waals surface area contributed by atoms with Crippen molar-refractivity contribution in [2.45, 2.75) is 39.7 Å². The first kappa shape index (κ1) is 15.7. The average Bonchev–Trinajstić information content (AvgIpc) is 2.83. The van der Waals surface area contributed by atoms with Crippen molar-refractivity contribution in [1.29, 1.82) is 0 Å². The number of allylic oxidation sites excluding steroid dienone is 3. The standard InChI is InChI=1S/C20H22O3/c1-4-8-16-20(13-19(2,3)18(22)23-16)12-11-15(17(20)21)14-9-6-5-7-10-14/h4-11,16H,12-13H2,1-3H3/b8-4+/t16-,20+/m1/s1. The summed E-state index contributed by atoms with van der Waals surface area (Å²) in [5, 5.41) is 0. The van der Waals surface area contributed by atoms with E-state index in [-0.39, 0.29) is 11.8 Å². The summed E-state index contributed by atoms with van der Waals surface area (Å²) in [6.45, 7) is 5.60. The van der Waals surface area contributed by atoms with Gasteiger partial charge in [0.05, 0.1) is 10.8 Å². The van der Waals surface area contributed by atoms with Crippen LogP contribution >= 0.6 is 0 Å². The molecule has 1 spiro atoms. The van der Waals surface area contributed by atoms with Crippen LogP contribution in [-0.4, -0.2) is 17.9 Å². The largest absolute Gasteiger partial charge is 0.457 e. The smallest absolute Gasteiger partial charge is 0.312 e. The molecule has 1 aliphatic heterocycles. The van der Waals surface area contributed by atoms with Crippen molar-refractivity contribution in [2.75, 3.05) is 0 Å². The van der Waals surface area contributed by atoms with Crippen LogP contribution in [0, 0.1) is 10.8 Å². The summed E-state index contributed by atoms with van der Waals surface area (Å²) < 4.78 is 5.65. The third kappa shape index (κ3) is 2.44. The Morgan fingerprint density at radius 3 is 2.52 bits per heavy atom. The van der Waals surface area contributed by atoms with E-state index in [9.17, 15) is 9.59 Å². The van der Waals surface area contributed by atoms with Gasteiger partial charge in [0.15, 0.2) is 5.78 Å². The Morgan fingerprint density at radius 1 is 1.17 bits per heavy atom. The molecule has 0 N–H and O–H groups in total. The second-order valence-electron chi connectivity index (χ2n) is 7.09. The van der Waals surface area contributed by atoms with Crippen molar-refractivity contribution in [2.24, 2.45) is 10.8 Å². The van der Waals surface area contributed by atoms with Crippen LogP contribution in [0.5, 0.6) is 0 Å². The minimum atomic E-state index is -0.672. The van der Waals surface area contributed by atoms with E-state index < -0.39 is 16.9 Å². The van der Waals surface area contributed by atoms with E-state index in [1.54, 1.807) is 0 Å². The van der Waals surface area contributed by atoms with E-state index in [2.05, 4.69) is 0 Å². The quantitative estimate of drug-likeness (QED) is 0.613. The predicted octanol–water partition coefficient (Wildman–Crippen LogP) is 3.95. The highest BCUT2D eigenvalue weighted by Crippen LogP contribution is 2.52. The zero-order valence-corrected chi connectivity index (χ0v) is 13.8. The van der Waals surface area contributed by atoms with Gasteiger partial charge in [-0.1, -0.05) is 42.5 Å². The van der Waals surface area contributed by atoms with Gasteiger partial charge in [0, 0.05) is 5.57 Å². The maximum absolute atomic E-state index is 13.3. The molecule has 1 aliphatic carbocycles. The van der Waals surface area contributed by atoms with Gasteiger partial charge in [-0.05, 0) is 45.3 Å². The van der Waals surface area contributed by atoms with Gasteiger partial charge in [0.2, 0.25) is 0 Å². The molecule has 3 rings (SSSR count). The number of Topliss-reactive ketones (excluding diaryl/α,β-unsaturated/α-hetero) is 1. The maximum Gasteiger partial charge on any atom is 0.312 e. The summed E-state index contributed by atoms with van der Waals surface area (Å²) >= 11 is 0. The number of carbonyl (C=O) groups excluding carboxylic acids is 2. The molecule has 3 heteroatoms. The molecule has 0 amide bonds. The van der Waals surface area contributed by atoms with Gasteiger partial charge in [0.25, 0.3) is 0 Å². The van der Waals surface area contributed by atoms with E-state index in [0.29, 0.717) is 12.8 Å². The van der Waals surface area contributed by atoms with E-state index in [0.717, 1.165) is 11.1 Å². The zero-order chi connectivity index (χ0) is 16.7. The first-order valence-corrected chi connectivity index (χ1v) is 8.05. The van der Waals surface area contributed by atoms with E-state index >= 15 is 0 Å². The fraction of sp³-hybridized carbons (Fsp3) is 0.400. The molecule has 2 aliphatic rings. The fourth-order valence-electron chi connectivity index (χ4n) is 3.75. The normalized spacial score (nSPS) is 29.9. The Morgan fingerprint density at radius 2 is 1.87 bits per heavy atom. The molecule has 1 aromatic carbocycles. The summed E-state index contributed by atoms with van der Waals surface area (Å²) in [6, 6.07) is 9.71. The minimum Gasteiger partial charge on any atom is -0.457 e. The van der Waals surface area contributed by atoms with Crippen LogP contribution in [0.1, 0.15) is 39.2 Å². The second kappa shape index (κ2) is 5.48. The lowest BCUT2D eigenvalue weighted by Crippen LogP contribution is -2.52. The SMILES string of the molecule is C/C=C/[C@H]1OC(=O)C(C)(C)C[C@@]12CC=C(c1ccccc1)C2=O. The third-order valence-electron chi connectivity index (χ3n) is 4.91. The molecule has 0 radical (unpaired) electrons. The van der Waals surface area contributed by atoms with Crippen molar-refractivity contribution in [3.63, 3.8) is 0 Å². The predicted molar refractivity (Wildman–Crippen MR) is 89.6 cm³/mol. The Bertz CT molecular complexity index is 697. The molecule has 23 heavy (non-hydrogen) atoms. The van der Waals surface area contributed by atoms with Crippen LogP contribution in [0.2, 0.25) is 0 Å². The Hall–Kier alpha value is -2.16. The summed E-state index contributed by atoms with van der Waals surface area (Å²) in [4.78, 5) is 25.5. The molecular formula is C20H22O3. The number of hydrogen-bond acceptors (Lipinski definition) is 3. The molecule has 1 aromatic rings. The molecule has 1 fully saturated rings. The molecule has 1 saturated heterocycles. The molecule has 1 heterocycles. The molecule has 0 saturated carbocycles. The number of carbonyl (C=O) groups is 2. The molecule has 0 aromatic heterocycles. The lowest BCUT2D eigenvalue weighted by Gasteiger charge is -2.44. The number of benzene rings is 1. The van der Waals surface area contributed by atoms with Crippen LogP contribution in [0.4, 0.5) is 0 Å². The first-order valence-electron chi connectivity index (χ1n) is 8.05. The summed E-state index contributed by atoms with van der Waals surface area (Å²) in [5.74, 6) is -0.139. The molecule has 120 valence electrons. The first-order chi connectivity index (χ1) is 10.9. The van der Waals surface area contributed by atoms with E-state index in [4.69, 9.17) is 4.74 Å². The highest BCUT2D eigenvalue weighted by Gasteiger charge is 2.58. The van der Waals surface area contributed by atoms with Gasteiger partial charge in [-0.25, -0.2) is 0 Å². The van der Waals surface area contributed by atoms with Gasteiger partial charge in [-0.2, -0.15) is 0 Å². The Balaban J connectivity index is 2.00. The minimum absolute atomic E-state index is 0.0902. The highest BCUT2D eigenvalue weighted by atomic mass is 16.5. The monoisotopic (exact) mass is 310 g/mol. The van der Waals surface area contributed by atoms with Crippen LogP contribution in [0.3, 0.4) is 0 Å². The zero-order valence-electron chi connectivity index (χ0n) is 13.8. The van der Waals surface area contributed by atoms with E-state index in [1.807, 2.05) is 69.3 Å². The molecule has 0 bridgehead atoms. The number of rotatable bonds is 2. The number of cyclic esters (lactones) is 1. The van der Waals surface area contributed by atoms with E-state index in [1.165, 1.54) is 0 Å². The van der Waals surface area contributed by atoms with Gasteiger partial charge in [-0.15, -0.1) is 0 Å². The number of ketones is 1. The van der Waals surface area contributed by atoms with Gasteiger partial charge in [-0.3, -0.25) is 9.59 Å². The third-order valence-corrected chi connectivity index (χ3v) is 4.91. The van der Waals surface area contributed by atoms with Crippen molar-refractivity contribution in [1.82, 2.24) is 0 Å². The maximum atomic E-state index is 13.3. The molecule has 3 nitrogen and oxygen atoms in total. The van der Waals surface area contributed by atoms with Crippen molar-refractivity contribution in [3.8, 4) is 0 Å². The molecule has 2 atom stereocenters. The van der Waals surface area contributed by atoms with Gasteiger partial charge < -0.3 is 4.74 Å². The van der Waals surface area contributed by atoms with Crippen LogP contribution in [0.25, 0.3) is 5.57 Å². The number of hydrogen-bond donors (Lipinski definition) is 0. The van der Waals surface area contributed by atoms with Crippen LogP contribution in [0.15, 0.2) is 48.6 Å². The van der Waals surface area contributed by atoms with Crippen molar-refractivity contribution in [3.05, 3.63) is 54.1 Å². The lowest BCUT2D eigenvalue weighted by molar-refractivity contribution is -0.179. The fourth-order valence-corrected chi connectivity index (χ4v) is 3.75. The Labute approximate surface area is 137 Å². The Kier molecular flexibility index (Phi) is 3.75. The lowest BCUT2D eigenvalue weighted by atomic mass is 9.64. The van der Waals surface area contributed by atoms with Crippen molar-refractivity contribution < 1.29 is 14.3 Å². The van der Waals surface area contributed by atoms with Crippen LogP contribution in [-0.2, 0) is 14.3 Å². The molecule has 0 unspecified atom stereocenters. The number of esters is 1. The van der Waals surface area contributed by atoms with Crippen molar-refractivity contribution >= 4 is 17.3 Å². The summed E-state index contributed by atoms with van der Waals surface area (Å²) in [7, 11) is 0. The summed E-state index contributed by atoms with van der Waals surface area (Å²) in [5.41, 5.74) is 0.361. The summed E-state index contributed by atoms with van der Waals surface area (Å²) in [6.07, 6.45) is 6.33. The number of ether oxygens (including phenoxy) is 1. The topological polar surface area (TPSA) is 43.4 Å². The highest BCUT2D eigenvalue weighted by molar-refractivity contribution is 6.26. The average molecular weight is 310 g/mol. The van der Waals surface area contributed by atoms with Gasteiger partial charge >= 0.3 is 5.97 Å². The van der Waals surface area contributed by atoms with Crippen LogP contribution < -0.4 is 0 Å².